The third-order valence-corrected chi connectivity index (χ3v) is 5.69. The van der Waals surface area contributed by atoms with E-state index in [-0.39, 0.29) is 5.91 Å². The SMILES string of the molecule is C[C@H]1CCc2nc(NC(=O)CN3CCc4nc[nH]c4C3)sc2C1. The second-order valence-corrected chi connectivity index (χ2v) is 7.66. The first-order chi connectivity index (χ1) is 11.2. The minimum atomic E-state index is 0.0205. The predicted molar refractivity (Wildman–Crippen MR) is 89.5 cm³/mol. The van der Waals surface area contributed by atoms with Crippen molar-refractivity contribution in [2.75, 3.05) is 18.4 Å². The molecule has 0 unspecified atom stereocenters. The van der Waals surface area contributed by atoms with Gasteiger partial charge in [-0.2, -0.15) is 0 Å². The molecule has 0 radical (unpaired) electrons. The van der Waals surface area contributed by atoms with Gasteiger partial charge in [0, 0.05) is 24.4 Å². The Morgan fingerprint density at radius 3 is 3.30 bits per heavy atom. The van der Waals surface area contributed by atoms with E-state index in [1.807, 2.05) is 0 Å². The molecule has 3 heterocycles. The highest BCUT2D eigenvalue weighted by Crippen LogP contribution is 2.32. The van der Waals surface area contributed by atoms with Crippen molar-refractivity contribution in [3.8, 4) is 0 Å². The van der Waals surface area contributed by atoms with Crippen molar-refractivity contribution in [3.05, 3.63) is 28.3 Å². The van der Waals surface area contributed by atoms with Crippen molar-refractivity contribution >= 4 is 22.4 Å². The summed E-state index contributed by atoms with van der Waals surface area (Å²) in [5.74, 6) is 0.746. The Bertz CT molecular complexity index is 722. The third-order valence-electron chi connectivity index (χ3n) is 4.65. The number of fused-ring (bicyclic) bond motifs is 2. The first-order valence-corrected chi connectivity index (χ1v) is 9.01. The number of thiazole rings is 1. The number of nitrogens with zero attached hydrogens (tertiary/aromatic N) is 3. The topological polar surface area (TPSA) is 73.9 Å². The Labute approximate surface area is 139 Å². The van der Waals surface area contributed by atoms with Crippen LogP contribution in [0.25, 0.3) is 0 Å². The average molecular weight is 331 g/mol. The molecule has 0 spiro atoms. The number of nitrogens with one attached hydrogen (secondary N) is 2. The lowest BCUT2D eigenvalue weighted by Crippen LogP contribution is -2.37. The van der Waals surface area contributed by atoms with Gasteiger partial charge in [0.2, 0.25) is 5.91 Å². The average Bonchev–Trinajstić information content (AvgIpc) is 3.11. The Hall–Kier alpha value is -1.73. The van der Waals surface area contributed by atoms with Crippen LogP contribution >= 0.6 is 11.3 Å². The molecule has 2 aromatic heterocycles. The Kier molecular flexibility index (Phi) is 3.90. The van der Waals surface area contributed by atoms with E-state index < -0.39 is 0 Å². The van der Waals surface area contributed by atoms with Gasteiger partial charge in [-0.1, -0.05) is 6.92 Å². The standard InChI is InChI=1S/C16H21N5OS/c1-10-2-3-12-14(6-10)23-16(19-12)20-15(22)8-21-5-4-11-13(7-21)18-9-17-11/h9-10H,2-8H2,1H3,(H,17,18)(H,19,20,22)/t10-/m0/s1. The van der Waals surface area contributed by atoms with E-state index in [1.165, 1.54) is 17.0 Å². The van der Waals surface area contributed by atoms with Crippen LogP contribution in [-0.4, -0.2) is 38.8 Å². The number of aromatic nitrogens is 3. The zero-order valence-electron chi connectivity index (χ0n) is 13.3. The smallest absolute Gasteiger partial charge is 0.240 e. The number of imidazole rings is 1. The van der Waals surface area contributed by atoms with Gasteiger partial charge in [-0.3, -0.25) is 9.69 Å². The molecule has 23 heavy (non-hydrogen) atoms. The van der Waals surface area contributed by atoms with E-state index in [4.69, 9.17) is 0 Å². The minimum absolute atomic E-state index is 0.0205. The number of aromatic amines is 1. The van der Waals surface area contributed by atoms with Crippen LogP contribution in [0.3, 0.4) is 0 Å². The highest BCUT2D eigenvalue weighted by Gasteiger charge is 2.22. The van der Waals surface area contributed by atoms with Crippen LogP contribution < -0.4 is 5.32 Å². The second-order valence-electron chi connectivity index (χ2n) is 6.57. The number of carbonyl (C=O) groups is 1. The maximum absolute atomic E-state index is 12.3. The third kappa shape index (κ3) is 3.16. The summed E-state index contributed by atoms with van der Waals surface area (Å²) in [4.78, 5) is 27.8. The number of hydrogen-bond acceptors (Lipinski definition) is 5. The number of hydrogen-bond donors (Lipinski definition) is 2. The molecule has 0 saturated heterocycles. The first-order valence-electron chi connectivity index (χ1n) is 8.19. The van der Waals surface area contributed by atoms with Crippen LogP contribution in [-0.2, 0) is 30.6 Å². The van der Waals surface area contributed by atoms with E-state index in [2.05, 4.69) is 32.1 Å². The maximum atomic E-state index is 12.3. The van der Waals surface area contributed by atoms with E-state index in [0.717, 1.165) is 54.8 Å². The number of rotatable bonds is 3. The molecular formula is C16H21N5OS. The first kappa shape index (κ1) is 14.8. The molecular weight excluding hydrogens is 310 g/mol. The summed E-state index contributed by atoms with van der Waals surface area (Å²) < 4.78 is 0. The summed E-state index contributed by atoms with van der Waals surface area (Å²) >= 11 is 1.64. The lowest BCUT2D eigenvalue weighted by molar-refractivity contribution is -0.117. The monoisotopic (exact) mass is 331 g/mol. The van der Waals surface area contributed by atoms with Crippen molar-refractivity contribution < 1.29 is 4.79 Å². The van der Waals surface area contributed by atoms with Crippen LogP contribution in [0.1, 0.15) is 35.3 Å². The van der Waals surface area contributed by atoms with E-state index in [1.54, 1.807) is 17.7 Å². The van der Waals surface area contributed by atoms with Gasteiger partial charge < -0.3 is 10.3 Å². The molecule has 2 aromatic rings. The Morgan fingerprint density at radius 1 is 1.48 bits per heavy atom. The highest BCUT2D eigenvalue weighted by atomic mass is 32.1. The van der Waals surface area contributed by atoms with Crippen molar-refractivity contribution in [1.29, 1.82) is 0 Å². The van der Waals surface area contributed by atoms with Gasteiger partial charge >= 0.3 is 0 Å². The number of H-pyrrole nitrogens is 1. The Balaban J connectivity index is 1.36. The molecule has 0 fully saturated rings. The number of anilines is 1. The van der Waals surface area contributed by atoms with Gasteiger partial charge in [0.1, 0.15) is 0 Å². The molecule has 1 amide bonds. The summed E-state index contributed by atoms with van der Waals surface area (Å²) in [7, 11) is 0. The molecule has 0 saturated carbocycles. The van der Waals surface area contributed by atoms with Gasteiger partial charge in [0.05, 0.1) is 30.0 Å². The van der Waals surface area contributed by atoms with Crippen LogP contribution in [0.2, 0.25) is 0 Å². The van der Waals surface area contributed by atoms with E-state index in [0.29, 0.717) is 6.54 Å². The van der Waals surface area contributed by atoms with Crippen LogP contribution in [0, 0.1) is 5.92 Å². The van der Waals surface area contributed by atoms with Crippen LogP contribution in [0.15, 0.2) is 6.33 Å². The summed E-state index contributed by atoms with van der Waals surface area (Å²) in [5, 5.41) is 3.74. The van der Waals surface area contributed by atoms with Gasteiger partial charge in [-0.15, -0.1) is 11.3 Å². The van der Waals surface area contributed by atoms with Crippen molar-refractivity contribution in [2.45, 2.75) is 39.2 Å². The Morgan fingerprint density at radius 2 is 2.39 bits per heavy atom. The molecule has 4 rings (SSSR count). The summed E-state index contributed by atoms with van der Waals surface area (Å²) in [5.41, 5.74) is 3.44. The molecule has 1 aliphatic carbocycles. The van der Waals surface area contributed by atoms with Crippen molar-refractivity contribution in [3.63, 3.8) is 0 Å². The number of carbonyl (C=O) groups excluding carboxylic acids is 1. The molecule has 1 atom stereocenters. The van der Waals surface area contributed by atoms with Crippen LogP contribution in [0.5, 0.6) is 0 Å². The van der Waals surface area contributed by atoms with Gasteiger partial charge in [0.15, 0.2) is 5.13 Å². The van der Waals surface area contributed by atoms with E-state index in [9.17, 15) is 4.79 Å². The molecule has 2 aliphatic rings. The van der Waals surface area contributed by atoms with Crippen LogP contribution in [0.4, 0.5) is 5.13 Å². The number of amides is 1. The highest BCUT2D eigenvalue weighted by molar-refractivity contribution is 7.15. The summed E-state index contributed by atoms with van der Waals surface area (Å²) in [6, 6.07) is 0. The molecule has 1 aliphatic heterocycles. The lowest BCUT2D eigenvalue weighted by Gasteiger charge is -2.25. The van der Waals surface area contributed by atoms with Gasteiger partial charge in [-0.25, -0.2) is 9.97 Å². The van der Waals surface area contributed by atoms with E-state index >= 15 is 0 Å². The molecule has 0 aromatic carbocycles. The summed E-state index contributed by atoms with van der Waals surface area (Å²) in [6.07, 6.45) is 5.96. The molecule has 6 nitrogen and oxygen atoms in total. The van der Waals surface area contributed by atoms with Crippen molar-refractivity contribution in [1.82, 2.24) is 19.9 Å². The van der Waals surface area contributed by atoms with Gasteiger partial charge in [0.25, 0.3) is 0 Å². The summed E-state index contributed by atoms with van der Waals surface area (Å²) in [6.45, 7) is 4.31. The quantitative estimate of drug-likeness (QED) is 0.902. The lowest BCUT2D eigenvalue weighted by atomic mass is 9.93. The van der Waals surface area contributed by atoms with Crippen molar-refractivity contribution in [2.24, 2.45) is 5.92 Å². The van der Waals surface area contributed by atoms with Gasteiger partial charge in [-0.05, 0) is 25.2 Å². The number of aryl methyl sites for hydroxylation is 1. The maximum Gasteiger partial charge on any atom is 0.240 e. The minimum Gasteiger partial charge on any atom is -0.347 e. The molecule has 7 heteroatoms. The zero-order valence-corrected chi connectivity index (χ0v) is 14.1. The fourth-order valence-corrected chi connectivity index (χ4v) is 4.55. The molecule has 122 valence electrons. The molecule has 2 N–H and O–H groups in total. The molecule has 0 bridgehead atoms. The second kappa shape index (κ2) is 6.05. The fourth-order valence-electron chi connectivity index (χ4n) is 3.36. The predicted octanol–water partition coefficient (Wildman–Crippen LogP) is 1.99. The fraction of sp³-hybridized carbons (Fsp3) is 0.562. The normalized spacial score (nSPS) is 20.8. The largest absolute Gasteiger partial charge is 0.347 e. The zero-order chi connectivity index (χ0) is 15.8.